The molecule has 0 aliphatic rings. The Labute approximate surface area is 74.4 Å². The Kier molecular flexibility index (Phi) is 9.88. The summed E-state index contributed by atoms with van der Waals surface area (Å²) in [7, 11) is -0.111. The van der Waals surface area contributed by atoms with Crippen LogP contribution >= 0.6 is 11.1 Å². The number of halogens is 1. The second kappa shape index (κ2) is 8.04. The van der Waals surface area contributed by atoms with Gasteiger partial charge in [-0.2, -0.15) is 11.1 Å². The number of carbonyl (C=O) groups is 1. The summed E-state index contributed by atoms with van der Waals surface area (Å²) in [5.41, 5.74) is 5.16. The Morgan fingerprint density at radius 2 is 1.91 bits per heavy atom. The minimum Gasteiger partial charge on any atom is -0.480 e. The van der Waals surface area contributed by atoms with Crippen molar-refractivity contribution in [3.8, 4) is 0 Å². The molecular weight excluding hydrogens is 182 g/mol. The molecule has 0 saturated carbocycles. The molecule has 0 aliphatic heterocycles. The minimum atomic E-state index is -0.931. The molecule has 1 atom stereocenters. The maximum Gasteiger partial charge on any atom is 0.320 e. The van der Waals surface area contributed by atoms with Gasteiger partial charge in [0.15, 0.2) is 0 Å². The number of nitrogens with two attached hydrogens (primary N) is 1. The number of hydrogen-bond donors (Lipinski definition) is 2. The quantitative estimate of drug-likeness (QED) is 0.498. The van der Waals surface area contributed by atoms with Crippen molar-refractivity contribution in [1.82, 2.24) is 0 Å². The SMILES string of the molecule is CC(C)[C@H](N)C(=O)O.C[SiH2]Cl. The topological polar surface area (TPSA) is 63.3 Å². The van der Waals surface area contributed by atoms with Crippen LogP contribution in [0.4, 0.5) is 0 Å². The Balaban J connectivity index is 0. The van der Waals surface area contributed by atoms with E-state index >= 15 is 0 Å². The zero-order valence-corrected chi connectivity index (χ0v) is 9.34. The maximum atomic E-state index is 10.0. The van der Waals surface area contributed by atoms with E-state index in [1.165, 1.54) is 0 Å². The number of carboxylic acids is 1. The molecule has 0 amide bonds. The second-order valence-corrected chi connectivity index (χ2v) is 4.51. The van der Waals surface area contributed by atoms with Gasteiger partial charge in [0, 0.05) is 0 Å². The summed E-state index contributed by atoms with van der Waals surface area (Å²) in [6, 6.07) is -0.713. The molecule has 0 spiro atoms. The molecule has 0 aromatic carbocycles. The van der Waals surface area contributed by atoms with Gasteiger partial charge in [-0.15, -0.1) is 0 Å². The van der Waals surface area contributed by atoms with Crippen LogP contribution in [0.1, 0.15) is 13.8 Å². The molecule has 68 valence electrons. The molecule has 0 bridgehead atoms. The lowest BCUT2D eigenvalue weighted by Crippen LogP contribution is -2.34. The van der Waals surface area contributed by atoms with Gasteiger partial charge in [-0.25, -0.2) is 0 Å². The average Bonchev–Trinajstić information content (AvgIpc) is 1.87. The number of carboxylic acid groups (broad SMARTS) is 1. The van der Waals surface area contributed by atoms with Crippen molar-refractivity contribution < 1.29 is 9.90 Å². The first-order valence-corrected chi connectivity index (χ1v) is 7.06. The van der Waals surface area contributed by atoms with E-state index < -0.39 is 12.0 Å². The third-order valence-electron chi connectivity index (χ3n) is 1.00. The van der Waals surface area contributed by atoms with Crippen molar-refractivity contribution in [3.05, 3.63) is 0 Å². The Bertz CT molecular complexity index is 111. The molecule has 11 heavy (non-hydrogen) atoms. The number of rotatable bonds is 2. The van der Waals surface area contributed by atoms with Gasteiger partial charge in [0.2, 0.25) is 0 Å². The smallest absolute Gasteiger partial charge is 0.320 e. The zero-order chi connectivity index (χ0) is 9.44. The van der Waals surface area contributed by atoms with Gasteiger partial charge in [-0.05, 0) is 5.92 Å². The van der Waals surface area contributed by atoms with Crippen molar-refractivity contribution in [2.75, 3.05) is 0 Å². The molecular formula is C6H16ClNO2Si. The molecule has 0 heterocycles. The van der Waals surface area contributed by atoms with Crippen LogP contribution in [0.15, 0.2) is 0 Å². The fraction of sp³-hybridized carbons (Fsp3) is 0.833. The number of aliphatic carboxylic acids is 1. The first-order chi connectivity index (χ1) is 4.97. The Morgan fingerprint density at radius 1 is 1.64 bits per heavy atom. The van der Waals surface area contributed by atoms with E-state index in [1.54, 1.807) is 13.8 Å². The largest absolute Gasteiger partial charge is 0.480 e. The lowest BCUT2D eigenvalue weighted by molar-refractivity contribution is -0.139. The standard InChI is InChI=1S/C5H11NO2.CH5ClSi/c1-3(2)4(6)5(7)8;1-3-2/h3-4H,6H2,1-2H3,(H,7,8);3H2,1H3/t4-;/m0./s1. The highest BCUT2D eigenvalue weighted by Gasteiger charge is 2.14. The molecule has 0 aromatic rings. The summed E-state index contributed by atoms with van der Waals surface area (Å²) in [5.74, 6) is -0.910. The maximum absolute atomic E-state index is 10.0. The van der Waals surface area contributed by atoms with Crippen LogP contribution in [0.25, 0.3) is 0 Å². The highest BCUT2D eigenvalue weighted by Crippen LogP contribution is 1.96. The predicted molar refractivity (Wildman–Crippen MR) is 50.7 cm³/mol. The van der Waals surface area contributed by atoms with Gasteiger partial charge in [0.05, 0.1) is 0 Å². The van der Waals surface area contributed by atoms with Gasteiger partial charge in [0.25, 0.3) is 0 Å². The fourth-order valence-corrected chi connectivity index (χ4v) is 0.285. The molecule has 0 aliphatic carbocycles. The van der Waals surface area contributed by atoms with Crippen molar-refractivity contribution in [3.63, 3.8) is 0 Å². The molecule has 0 fully saturated rings. The van der Waals surface area contributed by atoms with Gasteiger partial charge < -0.3 is 10.8 Å². The van der Waals surface area contributed by atoms with E-state index in [4.69, 9.17) is 21.9 Å². The monoisotopic (exact) mass is 197 g/mol. The van der Waals surface area contributed by atoms with E-state index in [0.29, 0.717) is 0 Å². The summed E-state index contributed by atoms with van der Waals surface area (Å²) in [5, 5.41) is 8.23. The molecule has 0 radical (unpaired) electrons. The second-order valence-electron chi connectivity index (χ2n) is 2.38. The number of hydrogen-bond acceptors (Lipinski definition) is 2. The van der Waals surface area contributed by atoms with E-state index in [9.17, 15) is 4.79 Å². The minimum absolute atomic E-state index is 0.0208. The third kappa shape index (κ3) is 9.94. The summed E-state index contributed by atoms with van der Waals surface area (Å²) in [6.07, 6.45) is 0. The third-order valence-corrected chi connectivity index (χ3v) is 1.00. The van der Waals surface area contributed by atoms with Crippen molar-refractivity contribution in [2.24, 2.45) is 11.7 Å². The summed E-state index contributed by atoms with van der Waals surface area (Å²) < 4.78 is 0. The van der Waals surface area contributed by atoms with Crippen LogP contribution in [0.2, 0.25) is 6.55 Å². The normalized spacial score (nSPS) is 12.9. The first-order valence-electron chi connectivity index (χ1n) is 3.51. The van der Waals surface area contributed by atoms with E-state index in [2.05, 4.69) is 0 Å². The summed E-state index contributed by atoms with van der Waals surface area (Å²) >= 11 is 5.14. The van der Waals surface area contributed by atoms with Gasteiger partial charge in [0.1, 0.15) is 14.9 Å². The fourth-order valence-electron chi connectivity index (χ4n) is 0.285. The molecule has 5 heteroatoms. The predicted octanol–water partition coefficient (Wildman–Crippen LogP) is 0.411. The van der Waals surface area contributed by atoms with E-state index in [-0.39, 0.29) is 14.7 Å². The van der Waals surface area contributed by atoms with Crippen LogP contribution in [0, 0.1) is 5.92 Å². The molecule has 0 rings (SSSR count). The Morgan fingerprint density at radius 3 is 1.91 bits per heavy atom. The summed E-state index contributed by atoms with van der Waals surface area (Å²) in [4.78, 5) is 10.0. The van der Waals surface area contributed by atoms with Crippen LogP contribution < -0.4 is 5.73 Å². The zero-order valence-electron chi connectivity index (χ0n) is 7.17. The molecule has 3 nitrogen and oxygen atoms in total. The van der Waals surface area contributed by atoms with Crippen LogP contribution in [-0.2, 0) is 4.79 Å². The van der Waals surface area contributed by atoms with Crippen molar-refractivity contribution in [1.29, 1.82) is 0 Å². The summed E-state index contributed by atoms with van der Waals surface area (Å²) in [6.45, 7) is 5.58. The highest BCUT2D eigenvalue weighted by atomic mass is 35.6. The molecule has 0 saturated heterocycles. The van der Waals surface area contributed by atoms with Crippen molar-refractivity contribution >= 4 is 25.9 Å². The average molecular weight is 198 g/mol. The molecule has 3 N–H and O–H groups in total. The Hall–Kier alpha value is -0.0631. The van der Waals surface area contributed by atoms with Crippen molar-refractivity contribution in [2.45, 2.75) is 26.4 Å². The van der Waals surface area contributed by atoms with Crippen LogP contribution in [0.3, 0.4) is 0 Å². The van der Waals surface area contributed by atoms with Gasteiger partial charge in [-0.3, -0.25) is 4.79 Å². The van der Waals surface area contributed by atoms with Crippen LogP contribution in [0.5, 0.6) is 0 Å². The lowest BCUT2D eigenvalue weighted by atomic mass is 10.1. The van der Waals surface area contributed by atoms with Crippen LogP contribution in [-0.4, -0.2) is 25.9 Å². The first kappa shape index (κ1) is 13.5. The van der Waals surface area contributed by atoms with Gasteiger partial charge in [-0.1, -0.05) is 20.4 Å². The van der Waals surface area contributed by atoms with E-state index in [1.807, 2.05) is 6.55 Å². The van der Waals surface area contributed by atoms with E-state index in [0.717, 1.165) is 0 Å². The molecule has 0 unspecified atom stereocenters. The molecule has 0 aromatic heterocycles. The highest BCUT2D eigenvalue weighted by molar-refractivity contribution is 6.92. The van der Waals surface area contributed by atoms with Gasteiger partial charge >= 0.3 is 5.97 Å². The lowest BCUT2D eigenvalue weighted by Gasteiger charge is -2.07.